The highest BCUT2D eigenvalue weighted by Gasteiger charge is 2.08. The first-order valence-electron chi connectivity index (χ1n) is 6.47. The summed E-state index contributed by atoms with van der Waals surface area (Å²) in [6.07, 6.45) is 7.13. The minimum absolute atomic E-state index is 0.129. The first kappa shape index (κ1) is 14.2. The smallest absolute Gasteiger partial charge is 0.270 e. The molecule has 5 heteroatoms. The van der Waals surface area contributed by atoms with Crippen LogP contribution in [0.2, 0.25) is 0 Å². The average Bonchev–Trinajstić information content (AvgIpc) is 2.87. The molecule has 1 aliphatic carbocycles. The van der Waals surface area contributed by atoms with Gasteiger partial charge in [0.1, 0.15) is 0 Å². The lowest BCUT2D eigenvalue weighted by atomic mass is 10.1. The number of nitro benzene ring substituents is 1. The number of nitrogens with one attached hydrogen (secondary N) is 1. The molecular weight excluding hydrogens is 308 g/mol. The van der Waals surface area contributed by atoms with Gasteiger partial charge in [-0.2, -0.15) is 0 Å². The highest BCUT2D eigenvalue weighted by atomic mass is 79.9. The second kappa shape index (κ2) is 6.82. The summed E-state index contributed by atoms with van der Waals surface area (Å²) in [6, 6.07) is 5.05. The van der Waals surface area contributed by atoms with Crippen molar-refractivity contribution in [2.45, 2.75) is 32.2 Å². The van der Waals surface area contributed by atoms with Crippen LogP contribution in [0.15, 0.2) is 34.3 Å². The molecule has 2 rings (SSSR count). The Bertz CT molecular complexity index is 500. The summed E-state index contributed by atoms with van der Waals surface area (Å²) in [5.41, 5.74) is 2.60. The van der Waals surface area contributed by atoms with Crippen LogP contribution in [-0.2, 0) is 6.54 Å². The number of nitro groups is 1. The van der Waals surface area contributed by atoms with Gasteiger partial charge in [-0.25, -0.2) is 0 Å². The third-order valence-corrected chi connectivity index (χ3v) is 3.70. The molecule has 1 aliphatic rings. The van der Waals surface area contributed by atoms with Crippen molar-refractivity contribution in [1.82, 2.24) is 5.32 Å². The maximum Gasteiger partial charge on any atom is 0.270 e. The molecule has 102 valence electrons. The molecule has 0 heterocycles. The molecule has 0 fully saturated rings. The van der Waals surface area contributed by atoms with Crippen molar-refractivity contribution < 1.29 is 4.92 Å². The summed E-state index contributed by atoms with van der Waals surface area (Å²) in [4.78, 5) is 10.4. The summed E-state index contributed by atoms with van der Waals surface area (Å²) in [5.74, 6) is 0. The molecule has 0 unspecified atom stereocenters. The number of nitrogens with zero attached hydrogens (tertiary/aromatic N) is 1. The van der Waals surface area contributed by atoms with Crippen LogP contribution in [0.5, 0.6) is 0 Å². The fraction of sp³-hybridized carbons (Fsp3) is 0.429. The van der Waals surface area contributed by atoms with E-state index in [2.05, 4.69) is 27.3 Å². The van der Waals surface area contributed by atoms with Gasteiger partial charge in [0.2, 0.25) is 0 Å². The Morgan fingerprint density at radius 3 is 2.89 bits per heavy atom. The van der Waals surface area contributed by atoms with Crippen molar-refractivity contribution in [1.29, 1.82) is 0 Å². The normalized spacial score (nSPS) is 14.5. The quantitative estimate of drug-likeness (QED) is 0.373. The van der Waals surface area contributed by atoms with E-state index in [9.17, 15) is 10.1 Å². The second-order valence-electron chi connectivity index (χ2n) is 4.76. The van der Waals surface area contributed by atoms with Crippen LogP contribution in [0.1, 0.15) is 31.2 Å². The minimum Gasteiger partial charge on any atom is -0.312 e. The molecule has 0 radical (unpaired) electrons. The number of hydrogen-bond acceptors (Lipinski definition) is 3. The van der Waals surface area contributed by atoms with E-state index >= 15 is 0 Å². The molecular formula is C14H17BrN2O2. The van der Waals surface area contributed by atoms with Crippen molar-refractivity contribution >= 4 is 21.6 Å². The number of rotatable bonds is 6. The van der Waals surface area contributed by atoms with Gasteiger partial charge in [0.15, 0.2) is 0 Å². The Labute approximate surface area is 121 Å². The maximum atomic E-state index is 10.8. The van der Waals surface area contributed by atoms with Crippen molar-refractivity contribution in [3.05, 3.63) is 50.0 Å². The number of hydrogen-bond donors (Lipinski definition) is 1. The third kappa shape index (κ3) is 4.44. The van der Waals surface area contributed by atoms with Gasteiger partial charge in [0.05, 0.1) is 4.92 Å². The Kier molecular flexibility index (Phi) is 5.10. The van der Waals surface area contributed by atoms with Crippen LogP contribution in [0.4, 0.5) is 5.69 Å². The van der Waals surface area contributed by atoms with E-state index in [0.717, 1.165) is 23.0 Å². The topological polar surface area (TPSA) is 55.2 Å². The summed E-state index contributed by atoms with van der Waals surface area (Å²) in [7, 11) is 0. The number of benzene rings is 1. The number of non-ortho nitro benzene ring substituents is 1. The third-order valence-electron chi connectivity index (χ3n) is 3.24. The molecule has 1 aromatic rings. The first-order chi connectivity index (χ1) is 9.15. The lowest BCUT2D eigenvalue weighted by Crippen LogP contribution is -2.15. The van der Waals surface area contributed by atoms with Gasteiger partial charge in [0, 0.05) is 23.2 Å². The zero-order valence-corrected chi connectivity index (χ0v) is 12.3. The van der Waals surface area contributed by atoms with E-state index in [0.29, 0.717) is 6.54 Å². The molecule has 0 saturated carbocycles. The Morgan fingerprint density at radius 2 is 2.21 bits per heavy atom. The molecule has 1 aromatic carbocycles. The van der Waals surface area contributed by atoms with Crippen LogP contribution in [0, 0.1) is 10.1 Å². The van der Waals surface area contributed by atoms with Crippen LogP contribution in [0.25, 0.3) is 0 Å². The molecule has 0 aliphatic heterocycles. The lowest BCUT2D eigenvalue weighted by molar-refractivity contribution is -0.385. The average molecular weight is 325 g/mol. The van der Waals surface area contributed by atoms with Crippen LogP contribution < -0.4 is 5.32 Å². The summed E-state index contributed by atoms with van der Waals surface area (Å²) >= 11 is 3.30. The molecule has 0 saturated heterocycles. The second-order valence-corrected chi connectivity index (χ2v) is 5.67. The van der Waals surface area contributed by atoms with E-state index in [1.165, 1.54) is 30.9 Å². The summed E-state index contributed by atoms with van der Waals surface area (Å²) < 4.78 is 0.747. The highest BCUT2D eigenvalue weighted by Crippen LogP contribution is 2.22. The van der Waals surface area contributed by atoms with Crippen molar-refractivity contribution in [3.8, 4) is 0 Å². The van der Waals surface area contributed by atoms with Crippen molar-refractivity contribution in [3.63, 3.8) is 0 Å². The fourth-order valence-corrected chi connectivity index (χ4v) is 2.82. The molecule has 4 nitrogen and oxygen atoms in total. The molecule has 1 N–H and O–H groups in total. The van der Waals surface area contributed by atoms with Gasteiger partial charge < -0.3 is 5.32 Å². The van der Waals surface area contributed by atoms with Crippen molar-refractivity contribution in [2.24, 2.45) is 0 Å². The van der Waals surface area contributed by atoms with Gasteiger partial charge in [-0.15, -0.1) is 0 Å². The summed E-state index contributed by atoms with van der Waals surface area (Å²) in [5, 5.41) is 14.1. The molecule has 0 amide bonds. The SMILES string of the molecule is O=[N+]([O-])c1cc(Br)cc(CNCCC2=CCCC2)c1. The zero-order chi connectivity index (χ0) is 13.7. The molecule has 0 atom stereocenters. The summed E-state index contributed by atoms with van der Waals surface area (Å²) in [6.45, 7) is 1.58. The van der Waals surface area contributed by atoms with E-state index in [4.69, 9.17) is 0 Å². The van der Waals surface area contributed by atoms with Crippen LogP contribution >= 0.6 is 15.9 Å². The number of halogens is 1. The van der Waals surface area contributed by atoms with Gasteiger partial charge in [-0.3, -0.25) is 10.1 Å². The molecule has 0 aromatic heterocycles. The predicted molar refractivity (Wildman–Crippen MR) is 79.1 cm³/mol. The highest BCUT2D eigenvalue weighted by molar-refractivity contribution is 9.10. The van der Waals surface area contributed by atoms with Crippen molar-refractivity contribution in [2.75, 3.05) is 6.54 Å². The minimum atomic E-state index is -0.363. The lowest BCUT2D eigenvalue weighted by Gasteiger charge is -2.06. The maximum absolute atomic E-state index is 10.8. The van der Waals surface area contributed by atoms with Gasteiger partial charge in [-0.1, -0.05) is 27.6 Å². The van der Waals surface area contributed by atoms with E-state index in [-0.39, 0.29) is 10.6 Å². The van der Waals surface area contributed by atoms with Crippen LogP contribution in [-0.4, -0.2) is 11.5 Å². The largest absolute Gasteiger partial charge is 0.312 e. The Morgan fingerprint density at radius 1 is 1.37 bits per heavy atom. The fourth-order valence-electron chi connectivity index (χ4n) is 2.29. The van der Waals surface area contributed by atoms with Crippen LogP contribution in [0.3, 0.4) is 0 Å². The van der Waals surface area contributed by atoms with E-state index < -0.39 is 0 Å². The number of allylic oxidation sites excluding steroid dienone is 1. The Balaban J connectivity index is 1.83. The molecule has 0 bridgehead atoms. The molecule has 19 heavy (non-hydrogen) atoms. The Hall–Kier alpha value is -1.20. The predicted octanol–water partition coefficient (Wildman–Crippen LogP) is 3.95. The standard InChI is InChI=1S/C14H17BrN2O2/c15-13-7-12(8-14(9-13)17(18)19)10-16-6-5-11-3-1-2-4-11/h3,7-9,16H,1-2,4-6,10H2. The van der Waals surface area contributed by atoms with Gasteiger partial charge in [-0.05, 0) is 43.9 Å². The monoisotopic (exact) mass is 324 g/mol. The van der Waals surface area contributed by atoms with E-state index in [1.807, 2.05) is 6.07 Å². The first-order valence-corrected chi connectivity index (χ1v) is 7.27. The van der Waals surface area contributed by atoms with E-state index in [1.54, 1.807) is 6.07 Å². The van der Waals surface area contributed by atoms with Gasteiger partial charge in [0.25, 0.3) is 5.69 Å². The molecule has 0 spiro atoms. The van der Waals surface area contributed by atoms with Gasteiger partial charge >= 0.3 is 0 Å². The zero-order valence-electron chi connectivity index (χ0n) is 10.7.